The molecule has 0 radical (unpaired) electrons. The third-order valence-corrected chi connectivity index (χ3v) is 4.96. The summed E-state index contributed by atoms with van der Waals surface area (Å²) in [6.45, 7) is 2.90. The third kappa shape index (κ3) is 2.58. The molecule has 0 amide bonds. The van der Waals surface area contributed by atoms with Gasteiger partial charge in [0.05, 0.1) is 22.7 Å². The Labute approximate surface area is 107 Å². The Balaban J connectivity index is 3.26. The van der Waals surface area contributed by atoms with Crippen LogP contribution in [0.25, 0.3) is 0 Å². The Bertz CT molecular complexity index is 540. The predicted octanol–water partition coefficient (Wildman–Crippen LogP) is 0.366. The van der Waals surface area contributed by atoms with Crippen molar-refractivity contribution in [2.75, 3.05) is 19.4 Å². The Hall–Kier alpha value is -1.31. The van der Waals surface area contributed by atoms with E-state index < -0.39 is 15.6 Å². The largest absolute Gasteiger partial charge is 0.506 e. The summed E-state index contributed by atoms with van der Waals surface area (Å²) in [5.74, 6) is -0.168. The quantitative estimate of drug-likeness (QED) is 0.543. The second-order valence-electron chi connectivity index (χ2n) is 4.66. The van der Waals surface area contributed by atoms with Gasteiger partial charge in [0.15, 0.2) is 0 Å². The van der Waals surface area contributed by atoms with Crippen molar-refractivity contribution in [1.82, 2.24) is 4.31 Å². The topological polar surface area (TPSA) is 104 Å². The lowest BCUT2D eigenvalue weighted by Gasteiger charge is -2.32. The summed E-state index contributed by atoms with van der Waals surface area (Å²) in [5.41, 5.74) is 4.54. The lowest BCUT2D eigenvalue weighted by molar-refractivity contribution is 0.138. The molecule has 1 aromatic carbocycles. The van der Waals surface area contributed by atoms with Crippen molar-refractivity contribution < 1.29 is 18.6 Å². The molecule has 4 N–H and O–H groups in total. The van der Waals surface area contributed by atoms with Crippen LogP contribution in [0, 0.1) is 0 Å². The van der Waals surface area contributed by atoms with E-state index in [0.717, 1.165) is 4.31 Å². The maximum atomic E-state index is 12.3. The van der Waals surface area contributed by atoms with Crippen molar-refractivity contribution in [3.05, 3.63) is 18.2 Å². The molecule has 102 valence electrons. The van der Waals surface area contributed by atoms with E-state index in [-0.39, 0.29) is 22.9 Å². The van der Waals surface area contributed by atoms with Gasteiger partial charge in [0.25, 0.3) is 0 Å². The van der Waals surface area contributed by atoms with E-state index in [1.807, 2.05) is 0 Å². The molecule has 0 aliphatic carbocycles. The zero-order valence-electron chi connectivity index (χ0n) is 10.6. The summed E-state index contributed by atoms with van der Waals surface area (Å²) < 4.78 is 25.6. The Morgan fingerprint density at radius 2 is 1.94 bits per heavy atom. The van der Waals surface area contributed by atoms with Crippen molar-refractivity contribution in [2.45, 2.75) is 24.3 Å². The number of hydrogen-bond acceptors (Lipinski definition) is 5. The Morgan fingerprint density at radius 1 is 1.39 bits per heavy atom. The molecule has 0 unspecified atom stereocenters. The summed E-state index contributed by atoms with van der Waals surface area (Å²) in [6.07, 6.45) is 0. The average molecular weight is 274 g/mol. The number of likely N-dealkylation sites (N-methyl/N-ethyl adjacent to an activating group) is 1. The predicted molar refractivity (Wildman–Crippen MR) is 68.6 cm³/mol. The number of sulfonamides is 1. The van der Waals surface area contributed by atoms with Crippen molar-refractivity contribution >= 4 is 15.7 Å². The number of benzene rings is 1. The fraction of sp³-hybridized carbons (Fsp3) is 0.455. The molecule has 1 rings (SSSR count). The van der Waals surface area contributed by atoms with Crippen LogP contribution in [0.5, 0.6) is 5.75 Å². The van der Waals surface area contributed by atoms with Gasteiger partial charge in [-0.25, -0.2) is 8.42 Å². The minimum Gasteiger partial charge on any atom is -0.506 e. The number of hydrogen-bond donors (Lipinski definition) is 3. The number of anilines is 1. The highest BCUT2D eigenvalue weighted by molar-refractivity contribution is 7.89. The van der Waals surface area contributed by atoms with Crippen LogP contribution in [0.1, 0.15) is 13.8 Å². The summed E-state index contributed by atoms with van der Waals surface area (Å²) in [6, 6.07) is 3.68. The minimum atomic E-state index is -3.77. The first-order chi connectivity index (χ1) is 8.13. The van der Waals surface area contributed by atoms with Crippen LogP contribution in [-0.4, -0.2) is 42.1 Å². The van der Waals surface area contributed by atoms with Gasteiger partial charge in [0, 0.05) is 7.05 Å². The maximum absolute atomic E-state index is 12.3. The number of aliphatic hydroxyl groups is 1. The van der Waals surface area contributed by atoms with Crippen LogP contribution in [-0.2, 0) is 10.0 Å². The van der Waals surface area contributed by atoms with Crippen LogP contribution in [0.15, 0.2) is 23.1 Å². The van der Waals surface area contributed by atoms with Crippen molar-refractivity contribution in [3.8, 4) is 5.75 Å². The van der Waals surface area contributed by atoms with Gasteiger partial charge in [-0.3, -0.25) is 0 Å². The monoisotopic (exact) mass is 274 g/mol. The molecule has 18 heavy (non-hydrogen) atoms. The fourth-order valence-corrected chi connectivity index (χ4v) is 2.82. The van der Waals surface area contributed by atoms with Gasteiger partial charge in [0.1, 0.15) is 5.75 Å². The molecule has 0 saturated carbocycles. The molecule has 0 fully saturated rings. The van der Waals surface area contributed by atoms with E-state index in [0.29, 0.717) is 0 Å². The smallest absolute Gasteiger partial charge is 0.243 e. The highest BCUT2D eigenvalue weighted by Gasteiger charge is 2.33. The van der Waals surface area contributed by atoms with Crippen molar-refractivity contribution in [3.63, 3.8) is 0 Å². The summed E-state index contributed by atoms with van der Waals surface area (Å²) in [5, 5.41) is 18.5. The number of nitrogens with zero attached hydrogens (tertiary/aromatic N) is 1. The molecule has 0 spiro atoms. The lowest BCUT2D eigenvalue weighted by atomic mass is 10.1. The van der Waals surface area contributed by atoms with Crippen molar-refractivity contribution in [1.29, 1.82) is 0 Å². The minimum absolute atomic E-state index is 0.00807. The number of phenols is 1. The SMILES string of the molecule is CN(C(C)(C)CO)S(=O)(=O)c1ccc(O)c(N)c1. The van der Waals surface area contributed by atoms with Gasteiger partial charge >= 0.3 is 0 Å². The number of aromatic hydroxyl groups is 1. The van der Waals surface area contributed by atoms with Gasteiger partial charge in [0.2, 0.25) is 10.0 Å². The number of rotatable bonds is 4. The van der Waals surface area contributed by atoms with E-state index in [9.17, 15) is 18.6 Å². The molecule has 0 atom stereocenters. The molecule has 0 aliphatic heterocycles. The first-order valence-corrected chi connectivity index (χ1v) is 6.75. The number of nitrogens with two attached hydrogens (primary N) is 1. The molecule has 7 heteroatoms. The zero-order valence-corrected chi connectivity index (χ0v) is 11.4. The second-order valence-corrected chi connectivity index (χ2v) is 6.63. The average Bonchev–Trinajstić information content (AvgIpc) is 2.31. The Morgan fingerprint density at radius 3 is 2.39 bits per heavy atom. The van der Waals surface area contributed by atoms with Gasteiger partial charge in [-0.05, 0) is 32.0 Å². The molecule has 0 aliphatic rings. The zero-order chi connectivity index (χ0) is 14.1. The summed E-state index contributed by atoms with van der Waals surface area (Å²) >= 11 is 0. The highest BCUT2D eigenvalue weighted by Crippen LogP contribution is 2.27. The number of aliphatic hydroxyl groups excluding tert-OH is 1. The number of phenolic OH excluding ortho intramolecular Hbond substituents is 1. The molecule has 0 aromatic heterocycles. The summed E-state index contributed by atoms with van der Waals surface area (Å²) in [7, 11) is -2.38. The van der Waals surface area contributed by atoms with Gasteiger partial charge < -0.3 is 15.9 Å². The Kier molecular flexibility index (Phi) is 3.89. The van der Waals surface area contributed by atoms with E-state index >= 15 is 0 Å². The maximum Gasteiger partial charge on any atom is 0.243 e. The van der Waals surface area contributed by atoms with E-state index in [2.05, 4.69) is 0 Å². The molecule has 1 aromatic rings. The molecular weight excluding hydrogens is 256 g/mol. The third-order valence-electron chi connectivity index (χ3n) is 2.90. The van der Waals surface area contributed by atoms with Gasteiger partial charge in [-0.2, -0.15) is 4.31 Å². The van der Waals surface area contributed by atoms with Crippen LogP contribution < -0.4 is 5.73 Å². The first-order valence-electron chi connectivity index (χ1n) is 5.31. The van der Waals surface area contributed by atoms with Crippen LogP contribution in [0.4, 0.5) is 5.69 Å². The van der Waals surface area contributed by atoms with Gasteiger partial charge in [-0.15, -0.1) is 0 Å². The first kappa shape index (κ1) is 14.7. The second kappa shape index (κ2) is 4.75. The normalized spacial score (nSPS) is 12.9. The standard InChI is InChI=1S/C11H18N2O4S/c1-11(2,7-14)13(3)18(16,17)8-4-5-10(15)9(12)6-8/h4-6,14-15H,7,12H2,1-3H3. The molecule has 0 saturated heterocycles. The van der Waals surface area contributed by atoms with Crippen molar-refractivity contribution in [2.24, 2.45) is 0 Å². The lowest BCUT2D eigenvalue weighted by Crippen LogP contribution is -2.47. The van der Waals surface area contributed by atoms with E-state index in [1.54, 1.807) is 13.8 Å². The van der Waals surface area contributed by atoms with Crippen LogP contribution in [0.3, 0.4) is 0 Å². The van der Waals surface area contributed by atoms with Gasteiger partial charge in [-0.1, -0.05) is 0 Å². The highest BCUT2D eigenvalue weighted by atomic mass is 32.2. The van der Waals surface area contributed by atoms with E-state index in [4.69, 9.17) is 5.73 Å². The van der Waals surface area contributed by atoms with Crippen LogP contribution in [0.2, 0.25) is 0 Å². The van der Waals surface area contributed by atoms with Crippen LogP contribution >= 0.6 is 0 Å². The number of nitrogen functional groups attached to an aromatic ring is 1. The molecule has 0 heterocycles. The molecule has 6 nitrogen and oxygen atoms in total. The fourth-order valence-electron chi connectivity index (χ4n) is 1.28. The molecular formula is C11H18N2O4S. The van der Waals surface area contributed by atoms with E-state index in [1.165, 1.54) is 25.2 Å². The summed E-state index contributed by atoms with van der Waals surface area (Å²) in [4.78, 5) is -0.0261. The molecule has 0 bridgehead atoms.